The van der Waals surface area contributed by atoms with E-state index in [0.29, 0.717) is 12.1 Å². The fraction of sp³-hybridized carbons (Fsp3) is 0.462. The Balaban J connectivity index is 2.08. The third-order valence-corrected chi connectivity index (χ3v) is 3.29. The minimum Gasteiger partial charge on any atom is -0.380 e. The lowest BCUT2D eigenvalue weighted by Gasteiger charge is -2.15. The van der Waals surface area contributed by atoms with Gasteiger partial charge in [0.25, 0.3) is 0 Å². The molecule has 0 radical (unpaired) electrons. The number of likely N-dealkylation sites (N-methyl/N-ethyl adjacent to an activating group) is 1. The second kappa shape index (κ2) is 4.54. The lowest BCUT2D eigenvalue weighted by Crippen LogP contribution is -2.25. The Morgan fingerprint density at radius 2 is 2.19 bits per heavy atom. The van der Waals surface area contributed by atoms with Crippen LogP contribution in [-0.4, -0.2) is 30.6 Å². The quantitative estimate of drug-likeness (QED) is 0.820. The molecule has 1 aliphatic rings. The van der Waals surface area contributed by atoms with Crippen LogP contribution in [0, 0.1) is 11.3 Å². The summed E-state index contributed by atoms with van der Waals surface area (Å²) in [6.07, 6.45) is 1.14. The zero-order valence-electron chi connectivity index (χ0n) is 9.77. The monoisotopic (exact) mass is 215 g/mol. The molecule has 1 saturated heterocycles. The molecule has 1 heterocycles. The third kappa shape index (κ3) is 2.17. The van der Waals surface area contributed by atoms with E-state index >= 15 is 0 Å². The van der Waals surface area contributed by atoms with Crippen LogP contribution < -0.4 is 5.32 Å². The van der Waals surface area contributed by atoms with Crippen molar-refractivity contribution in [2.45, 2.75) is 25.4 Å². The lowest BCUT2D eigenvalue weighted by molar-refractivity contribution is 0.330. The standard InChI is InChI=1S/C13H17N3/c1-10-7-12(9-16(10)2)15-13-6-4-3-5-11(13)8-14/h3-6,10,12,15H,7,9H2,1-2H3. The molecule has 0 spiro atoms. The summed E-state index contributed by atoms with van der Waals surface area (Å²) in [7, 11) is 2.14. The van der Waals surface area contributed by atoms with Crippen LogP contribution in [0.2, 0.25) is 0 Å². The first-order valence-electron chi connectivity index (χ1n) is 5.66. The number of para-hydroxylation sites is 1. The Morgan fingerprint density at radius 1 is 1.44 bits per heavy atom. The van der Waals surface area contributed by atoms with Gasteiger partial charge in [0.1, 0.15) is 6.07 Å². The summed E-state index contributed by atoms with van der Waals surface area (Å²) < 4.78 is 0. The first kappa shape index (κ1) is 11.0. The van der Waals surface area contributed by atoms with Gasteiger partial charge in [-0.25, -0.2) is 0 Å². The van der Waals surface area contributed by atoms with Crippen molar-refractivity contribution < 1.29 is 0 Å². The van der Waals surface area contributed by atoms with Crippen LogP contribution >= 0.6 is 0 Å². The van der Waals surface area contributed by atoms with Crippen molar-refractivity contribution in [1.29, 1.82) is 5.26 Å². The molecular formula is C13H17N3. The van der Waals surface area contributed by atoms with E-state index < -0.39 is 0 Å². The topological polar surface area (TPSA) is 39.1 Å². The smallest absolute Gasteiger partial charge is 0.101 e. The number of hydrogen-bond acceptors (Lipinski definition) is 3. The highest BCUT2D eigenvalue weighted by Gasteiger charge is 2.26. The highest BCUT2D eigenvalue weighted by Crippen LogP contribution is 2.21. The van der Waals surface area contributed by atoms with Crippen molar-refractivity contribution in [3.63, 3.8) is 0 Å². The first-order valence-corrected chi connectivity index (χ1v) is 5.66. The molecule has 0 bridgehead atoms. The fourth-order valence-electron chi connectivity index (χ4n) is 2.22. The van der Waals surface area contributed by atoms with Gasteiger partial charge in [-0.15, -0.1) is 0 Å². The van der Waals surface area contributed by atoms with Gasteiger partial charge in [0.2, 0.25) is 0 Å². The second-order valence-corrected chi connectivity index (χ2v) is 4.52. The highest BCUT2D eigenvalue weighted by atomic mass is 15.2. The van der Waals surface area contributed by atoms with E-state index in [4.69, 9.17) is 5.26 Å². The maximum atomic E-state index is 9.00. The van der Waals surface area contributed by atoms with Gasteiger partial charge in [-0.3, -0.25) is 0 Å². The van der Waals surface area contributed by atoms with E-state index in [0.717, 1.165) is 24.2 Å². The van der Waals surface area contributed by atoms with E-state index in [2.05, 4.69) is 30.3 Å². The van der Waals surface area contributed by atoms with E-state index in [9.17, 15) is 0 Å². The number of hydrogen-bond donors (Lipinski definition) is 1. The highest BCUT2D eigenvalue weighted by molar-refractivity contribution is 5.57. The summed E-state index contributed by atoms with van der Waals surface area (Å²) >= 11 is 0. The van der Waals surface area contributed by atoms with Crippen LogP contribution in [0.25, 0.3) is 0 Å². The van der Waals surface area contributed by atoms with Crippen molar-refractivity contribution in [2.24, 2.45) is 0 Å². The maximum absolute atomic E-state index is 9.00. The minimum absolute atomic E-state index is 0.453. The van der Waals surface area contributed by atoms with Gasteiger partial charge in [0.15, 0.2) is 0 Å². The summed E-state index contributed by atoms with van der Waals surface area (Å²) in [5.74, 6) is 0. The van der Waals surface area contributed by atoms with Crippen LogP contribution in [0.1, 0.15) is 18.9 Å². The summed E-state index contributed by atoms with van der Waals surface area (Å²) in [5, 5.41) is 12.5. The molecule has 16 heavy (non-hydrogen) atoms. The predicted octanol–water partition coefficient (Wildman–Crippen LogP) is 2.06. The van der Waals surface area contributed by atoms with Gasteiger partial charge in [0, 0.05) is 18.6 Å². The summed E-state index contributed by atoms with van der Waals surface area (Å²) in [5.41, 5.74) is 1.68. The SMILES string of the molecule is CC1CC(Nc2ccccc2C#N)CN1C. The summed E-state index contributed by atoms with van der Waals surface area (Å²) in [6.45, 7) is 3.28. The van der Waals surface area contributed by atoms with E-state index in [-0.39, 0.29) is 0 Å². The molecule has 1 aliphatic heterocycles. The fourth-order valence-corrected chi connectivity index (χ4v) is 2.22. The number of nitriles is 1. The van der Waals surface area contributed by atoms with Gasteiger partial charge in [-0.1, -0.05) is 12.1 Å². The molecule has 1 fully saturated rings. The maximum Gasteiger partial charge on any atom is 0.101 e. The summed E-state index contributed by atoms with van der Waals surface area (Å²) in [6, 6.07) is 11.0. The van der Waals surface area contributed by atoms with Crippen LogP contribution in [0.5, 0.6) is 0 Å². The molecule has 2 atom stereocenters. The molecule has 3 nitrogen and oxygen atoms in total. The number of benzene rings is 1. The Hall–Kier alpha value is -1.53. The summed E-state index contributed by atoms with van der Waals surface area (Å²) in [4.78, 5) is 2.34. The van der Waals surface area contributed by atoms with Crippen molar-refractivity contribution in [3.8, 4) is 6.07 Å². The Labute approximate surface area is 96.7 Å². The Morgan fingerprint density at radius 3 is 2.81 bits per heavy atom. The molecule has 1 aromatic carbocycles. The van der Waals surface area contributed by atoms with E-state index in [1.807, 2.05) is 24.3 Å². The zero-order valence-corrected chi connectivity index (χ0v) is 9.77. The van der Waals surface area contributed by atoms with Crippen molar-refractivity contribution >= 4 is 5.69 Å². The van der Waals surface area contributed by atoms with Crippen LogP contribution in [-0.2, 0) is 0 Å². The molecule has 0 amide bonds. The zero-order chi connectivity index (χ0) is 11.5. The minimum atomic E-state index is 0.453. The second-order valence-electron chi connectivity index (χ2n) is 4.52. The van der Waals surface area contributed by atoms with Crippen molar-refractivity contribution in [2.75, 3.05) is 18.9 Å². The van der Waals surface area contributed by atoms with Gasteiger partial charge < -0.3 is 10.2 Å². The normalized spacial score (nSPS) is 25.3. The van der Waals surface area contributed by atoms with Crippen molar-refractivity contribution in [1.82, 2.24) is 4.90 Å². The van der Waals surface area contributed by atoms with E-state index in [1.165, 1.54) is 0 Å². The first-order chi connectivity index (χ1) is 7.70. The van der Waals surface area contributed by atoms with Crippen LogP contribution in [0.3, 0.4) is 0 Å². The molecule has 84 valence electrons. The van der Waals surface area contributed by atoms with Gasteiger partial charge in [0.05, 0.1) is 11.3 Å². The molecule has 0 aliphatic carbocycles. The number of likely N-dealkylation sites (tertiary alicyclic amines) is 1. The predicted molar refractivity (Wildman–Crippen MR) is 65.3 cm³/mol. The average Bonchev–Trinajstić information content (AvgIpc) is 2.59. The van der Waals surface area contributed by atoms with Crippen molar-refractivity contribution in [3.05, 3.63) is 29.8 Å². The Kier molecular flexibility index (Phi) is 3.12. The Bertz CT molecular complexity index is 398. The van der Waals surface area contributed by atoms with Gasteiger partial charge >= 0.3 is 0 Å². The molecule has 1 N–H and O–H groups in total. The molecular weight excluding hydrogens is 198 g/mol. The molecule has 2 rings (SSSR count). The van der Waals surface area contributed by atoms with Gasteiger partial charge in [-0.2, -0.15) is 5.26 Å². The van der Waals surface area contributed by atoms with Crippen LogP contribution in [0.15, 0.2) is 24.3 Å². The van der Waals surface area contributed by atoms with Gasteiger partial charge in [-0.05, 0) is 32.5 Å². The number of nitrogens with zero attached hydrogens (tertiary/aromatic N) is 2. The molecule has 0 saturated carbocycles. The lowest BCUT2D eigenvalue weighted by atomic mass is 10.1. The molecule has 2 unspecified atom stereocenters. The number of nitrogens with one attached hydrogen (secondary N) is 1. The average molecular weight is 215 g/mol. The van der Waals surface area contributed by atoms with Crippen LogP contribution in [0.4, 0.5) is 5.69 Å². The number of rotatable bonds is 2. The third-order valence-electron chi connectivity index (χ3n) is 3.29. The molecule has 0 aromatic heterocycles. The van der Waals surface area contributed by atoms with E-state index in [1.54, 1.807) is 0 Å². The molecule has 3 heteroatoms. The largest absolute Gasteiger partial charge is 0.380 e. The number of anilines is 1. The molecule has 1 aromatic rings.